The molecular formula is C13H21N3O. The molecule has 1 saturated carbocycles. The number of amides is 1. The van der Waals surface area contributed by atoms with Crippen molar-refractivity contribution >= 4 is 5.91 Å². The maximum atomic E-state index is 11.6. The molecule has 1 aliphatic carbocycles. The van der Waals surface area contributed by atoms with Crippen LogP contribution in [0.4, 0.5) is 0 Å². The Balaban J connectivity index is 1.80. The quantitative estimate of drug-likeness (QED) is 0.783. The third kappa shape index (κ3) is 3.60. The van der Waals surface area contributed by atoms with Crippen LogP contribution >= 0.6 is 0 Å². The lowest BCUT2D eigenvalue weighted by atomic mass is 10.1. The summed E-state index contributed by atoms with van der Waals surface area (Å²) in [6.45, 7) is 3.29. The van der Waals surface area contributed by atoms with Gasteiger partial charge < -0.3 is 15.6 Å². The number of rotatable bonds is 6. The van der Waals surface area contributed by atoms with E-state index >= 15 is 0 Å². The van der Waals surface area contributed by atoms with Gasteiger partial charge >= 0.3 is 0 Å². The molecule has 1 fully saturated rings. The number of nitrogens with one attached hydrogen (secondary N) is 1. The minimum Gasteiger partial charge on any atom is -0.354 e. The highest BCUT2D eigenvalue weighted by atomic mass is 16.1. The van der Waals surface area contributed by atoms with Crippen molar-refractivity contribution in [2.24, 2.45) is 11.7 Å². The van der Waals surface area contributed by atoms with Crippen molar-refractivity contribution in [2.45, 2.75) is 38.8 Å². The van der Waals surface area contributed by atoms with Crippen molar-refractivity contribution in [2.75, 3.05) is 6.54 Å². The Morgan fingerprint density at radius 1 is 1.65 bits per heavy atom. The van der Waals surface area contributed by atoms with Crippen molar-refractivity contribution in [3.05, 3.63) is 24.0 Å². The van der Waals surface area contributed by atoms with Gasteiger partial charge in [0.1, 0.15) is 6.54 Å². The SMILES string of the molecule is CCC(N)c1ccn(CC(=O)NCC2CC2)c1. The van der Waals surface area contributed by atoms with E-state index in [0.717, 1.165) is 24.4 Å². The minimum atomic E-state index is 0.0748. The molecule has 1 aromatic rings. The fraction of sp³-hybridized carbons (Fsp3) is 0.615. The predicted molar refractivity (Wildman–Crippen MR) is 67.4 cm³/mol. The van der Waals surface area contributed by atoms with Crippen LogP contribution in [0.15, 0.2) is 18.5 Å². The van der Waals surface area contributed by atoms with E-state index < -0.39 is 0 Å². The van der Waals surface area contributed by atoms with Gasteiger partial charge in [-0.3, -0.25) is 4.79 Å². The number of carbonyl (C=O) groups excluding carboxylic acids is 1. The largest absolute Gasteiger partial charge is 0.354 e. The van der Waals surface area contributed by atoms with E-state index in [1.54, 1.807) is 0 Å². The summed E-state index contributed by atoms with van der Waals surface area (Å²) in [5, 5.41) is 2.95. The Morgan fingerprint density at radius 3 is 3.06 bits per heavy atom. The lowest BCUT2D eigenvalue weighted by Crippen LogP contribution is -2.28. The fourth-order valence-corrected chi connectivity index (χ4v) is 1.81. The maximum Gasteiger partial charge on any atom is 0.239 e. The first kappa shape index (κ1) is 12.2. The zero-order chi connectivity index (χ0) is 12.3. The molecule has 3 N–H and O–H groups in total. The number of hydrogen-bond acceptors (Lipinski definition) is 2. The first-order valence-corrected chi connectivity index (χ1v) is 6.37. The third-order valence-electron chi connectivity index (χ3n) is 3.25. The van der Waals surface area contributed by atoms with Crippen LogP contribution in [0, 0.1) is 5.92 Å². The molecule has 0 radical (unpaired) electrons. The van der Waals surface area contributed by atoms with Crippen LogP contribution in [0.2, 0.25) is 0 Å². The van der Waals surface area contributed by atoms with Crippen LogP contribution in [0.3, 0.4) is 0 Å². The standard InChI is InChI=1S/C13H21N3O/c1-2-12(14)11-5-6-16(8-11)9-13(17)15-7-10-3-4-10/h5-6,8,10,12H,2-4,7,9,14H2,1H3,(H,15,17). The second kappa shape index (κ2) is 5.36. The Hall–Kier alpha value is -1.29. The van der Waals surface area contributed by atoms with Crippen LogP contribution in [-0.2, 0) is 11.3 Å². The molecule has 17 heavy (non-hydrogen) atoms. The Labute approximate surface area is 102 Å². The Bertz CT molecular complexity index is 382. The van der Waals surface area contributed by atoms with Gasteiger partial charge in [0.15, 0.2) is 0 Å². The van der Waals surface area contributed by atoms with Crippen molar-refractivity contribution in [3.63, 3.8) is 0 Å². The van der Waals surface area contributed by atoms with Crippen LogP contribution in [0.1, 0.15) is 37.8 Å². The van der Waals surface area contributed by atoms with Gasteiger partial charge in [0, 0.05) is 25.0 Å². The molecule has 1 unspecified atom stereocenters. The van der Waals surface area contributed by atoms with E-state index in [1.807, 2.05) is 23.0 Å². The fourth-order valence-electron chi connectivity index (χ4n) is 1.81. The van der Waals surface area contributed by atoms with Gasteiger partial charge in [-0.1, -0.05) is 6.92 Å². The number of aromatic nitrogens is 1. The minimum absolute atomic E-state index is 0.0748. The smallest absolute Gasteiger partial charge is 0.239 e. The number of carbonyl (C=O) groups is 1. The topological polar surface area (TPSA) is 60.0 Å². The number of nitrogens with zero attached hydrogens (tertiary/aromatic N) is 1. The average molecular weight is 235 g/mol. The summed E-state index contributed by atoms with van der Waals surface area (Å²) in [5.74, 6) is 0.816. The molecule has 1 aromatic heterocycles. The molecule has 4 heteroatoms. The summed E-state index contributed by atoms with van der Waals surface area (Å²) in [7, 11) is 0. The van der Waals surface area contributed by atoms with Gasteiger partial charge in [0.25, 0.3) is 0 Å². The molecule has 1 atom stereocenters. The molecule has 2 rings (SSSR count). The van der Waals surface area contributed by atoms with E-state index in [4.69, 9.17) is 5.73 Å². The molecule has 0 bridgehead atoms. The highest BCUT2D eigenvalue weighted by molar-refractivity contribution is 5.75. The first-order chi connectivity index (χ1) is 8.19. The Kier molecular flexibility index (Phi) is 3.84. The number of hydrogen-bond donors (Lipinski definition) is 2. The number of nitrogens with two attached hydrogens (primary N) is 1. The van der Waals surface area contributed by atoms with Gasteiger partial charge in [-0.05, 0) is 36.8 Å². The molecular weight excluding hydrogens is 214 g/mol. The highest BCUT2D eigenvalue weighted by Crippen LogP contribution is 2.27. The molecule has 0 aliphatic heterocycles. The van der Waals surface area contributed by atoms with Crippen LogP contribution < -0.4 is 11.1 Å². The molecule has 4 nitrogen and oxygen atoms in total. The summed E-state index contributed by atoms with van der Waals surface area (Å²) in [6.07, 6.45) is 7.32. The second-order valence-electron chi connectivity index (χ2n) is 4.88. The molecule has 1 amide bonds. The monoisotopic (exact) mass is 235 g/mol. The van der Waals surface area contributed by atoms with Gasteiger partial charge in [-0.25, -0.2) is 0 Å². The zero-order valence-corrected chi connectivity index (χ0v) is 10.4. The van der Waals surface area contributed by atoms with Gasteiger partial charge in [-0.2, -0.15) is 0 Å². The van der Waals surface area contributed by atoms with E-state index in [9.17, 15) is 4.79 Å². The first-order valence-electron chi connectivity index (χ1n) is 6.37. The normalized spacial score (nSPS) is 16.8. The van der Waals surface area contributed by atoms with Gasteiger partial charge in [0.05, 0.1) is 0 Å². The highest BCUT2D eigenvalue weighted by Gasteiger charge is 2.21. The Morgan fingerprint density at radius 2 is 2.41 bits per heavy atom. The summed E-state index contributed by atoms with van der Waals surface area (Å²) < 4.78 is 1.90. The van der Waals surface area contributed by atoms with Gasteiger partial charge in [0.2, 0.25) is 5.91 Å². The zero-order valence-electron chi connectivity index (χ0n) is 10.4. The van der Waals surface area contributed by atoms with Gasteiger partial charge in [-0.15, -0.1) is 0 Å². The molecule has 94 valence electrons. The van der Waals surface area contributed by atoms with E-state index in [-0.39, 0.29) is 11.9 Å². The molecule has 0 aromatic carbocycles. The third-order valence-corrected chi connectivity index (χ3v) is 3.25. The average Bonchev–Trinajstić information content (AvgIpc) is 3.05. The maximum absolute atomic E-state index is 11.6. The lowest BCUT2D eigenvalue weighted by molar-refractivity contribution is -0.121. The molecule has 0 spiro atoms. The van der Waals surface area contributed by atoms with E-state index in [0.29, 0.717) is 6.54 Å². The van der Waals surface area contributed by atoms with Crippen LogP contribution in [0.25, 0.3) is 0 Å². The molecule has 1 aliphatic rings. The molecule has 0 saturated heterocycles. The van der Waals surface area contributed by atoms with Crippen molar-refractivity contribution in [1.29, 1.82) is 0 Å². The van der Waals surface area contributed by atoms with Crippen molar-refractivity contribution in [3.8, 4) is 0 Å². The van der Waals surface area contributed by atoms with Crippen molar-refractivity contribution in [1.82, 2.24) is 9.88 Å². The summed E-state index contributed by atoms with van der Waals surface area (Å²) in [5.41, 5.74) is 7.03. The summed E-state index contributed by atoms with van der Waals surface area (Å²) in [4.78, 5) is 11.6. The summed E-state index contributed by atoms with van der Waals surface area (Å²) in [6, 6.07) is 2.06. The van der Waals surface area contributed by atoms with Crippen LogP contribution in [-0.4, -0.2) is 17.0 Å². The molecule has 1 heterocycles. The van der Waals surface area contributed by atoms with E-state index in [1.165, 1.54) is 12.8 Å². The van der Waals surface area contributed by atoms with E-state index in [2.05, 4.69) is 12.2 Å². The van der Waals surface area contributed by atoms with Crippen molar-refractivity contribution < 1.29 is 4.79 Å². The predicted octanol–water partition coefficient (Wildman–Crippen LogP) is 1.42. The van der Waals surface area contributed by atoms with Crippen LogP contribution in [0.5, 0.6) is 0 Å². The second-order valence-corrected chi connectivity index (χ2v) is 4.88. The summed E-state index contributed by atoms with van der Waals surface area (Å²) >= 11 is 0. The lowest BCUT2D eigenvalue weighted by Gasteiger charge is -2.06.